The lowest BCUT2D eigenvalue weighted by Gasteiger charge is -2.26. The molecule has 0 aromatic heterocycles. The van der Waals surface area contributed by atoms with Crippen LogP contribution in [0.25, 0.3) is 0 Å². The SMILES string of the molecule is C=CCC(C)(C)C(=O)N(C)OC. The largest absolute Gasteiger partial charge is 0.275 e. The first-order valence-corrected chi connectivity index (χ1v) is 3.89. The molecule has 3 nitrogen and oxygen atoms in total. The summed E-state index contributed by atoms with van der Waals surface area (Å²) in [5.74, 6) is -0.0371. The number of carbonyl (C=O) groups excluding carboxylic acids is 1. The summed E-state index contributed by atoms with van der Waals surface area (Å²) in [5.41, 5.74) is -0.424. The van der Waals surface area contributed by atoms with E-state index < -0.39 is 5.41 Å². The van der Waals surface area contributed by atoms with Gasteiger partial charge in [-0.15, -0.1) is 6.58 Å². The molecule has 0 unspecified atom stereocenters. The summed E-state index contributed by atoms with van der Waals surface area (Å²) < 4.78 is 0. The molecule has 0 fully saturated rings. The molecule has 70 valence electrons. The Labute approximate surface area is 74.0 Å². The molecule has 0 aliphatic carbocycles. The fourth-order valence-electron chi connectivity index (χ4n) is 0.957. The number of carbonyl (C=O) groups is 1. The summed E-state index contributed by atoms with van der Waals surface area (Å²) in [6.45, 7) is 7.34. The van der Waals surface area contributed by atoms with Crippen molar-refractivity contribution in [3.63, 3.8) is 0 Å². The van der Waals surface area contributed by atoms with E-state index >= 15 is 0 Å². The van der Waals surface area contributed by atoms with E-state index in [0.29, 0.717) is 6.42 Å². The molecule has 12 heavy (non-hydrogen) atoms. The van der Waals surface area contributed by atoms with Crippen LogP contribution in [0.1, 0.15) is 20.3 Å². The molecule has 0 bridgehead atoms. The van der Waals surface area contributed by atoms with Gasteiger partial charge in [0.1, 0.15) is 0 Å². The molecule has 0 saturated heterocycles. The van der Waals surface area contributed by atoms with Crippen molar-refractivity contribution in [1.29, 1.82) is 0 Å². The molecule has 0 radical (unpaired) electrons. The molecule has 0 spiro atoms. The van der Waals surface area contributed by atoms with Gasteiger partial charge in [-0.1, -0.05) is 19.9 Å². The molecule has 0 saturated carbocycles. The van der Waals surface area contributed by atoms with Gasteiger partial charge in [-0.25, -0.2) is 5.06 Å². The van der Waals surface area contributed by atoms with Crippen LogP contribution in [0.5, 0.6) is 0 Å². The second-order valence-corrected chi connectivity index (χ2v) is 3.36. The Morgan fingerprint density at radius 3 is 2.50 bits per heavy atom. The van der Waals surface area contributed by atoms with E-state index in [4.69, 9.17) is 4.84 Å². The van der Waals surface area contributed by atoms with Gasteiger partial charge >= 0.3 is 0 Å². The zero-order chi connectivity index (χ0) is 9.78. The van der Waals surface area contributed by atoms with Crippen molar-refractivity contribution in [2.24, 2.45) is 5.41 Å². The molecule has 0 aromatic carbocycles. The molecule has 0 atom stereocenters. The second-order valence-electron chi connectivity index (χ2n) is 3.36. The predicted octanol–water partition coefficient (Wildman–Crippen LogP) is 1.61. The summed E-state index contributed by atoms with van der Waals surface area (Å²) >= 11 is 0. The van der Waals surface area contributed by atoms with Gasteiger partial charge in [0, 0.05) is 12.5 Å². The number of hydrogen-bond donors (Lipinski definition) is 0. The topological polar surface area (TPSA) is 29.5 Å². The molecule has 0 N–H and O–H groups in total. The Bertz CT molecular complexity index is 175. The van der Waals surface area contributed by atoms with Gasteiger partial charge in [-0.2, -0.15) is 0 Å². The third-order valence-corrected chi connectivity index (χ3v) is 1.79. The van der Waals surface area contributed by atoms with Gasteiger partial charge in [-0.05, 0) is 6.42 Å². The summed E-state index contributed by atoms with van der Waals surface area (Å²) in [6, 6.07) is 0. The Hall–Kier alpha value is -0.830. The zero-order valence-corrected chi connectivity index (χ0v) is 8.26. The monoisotopic (exact) mass is 171 g/mol. The van der Waals surface area contributed by atoms with E-state index in [1.807, 2.05) is 13.8 Å². The van der Waals surface area contributed by atoms with E-state index in [9.17, 15) is 4.79 Å². The fourth-order valence-corrected chi connectivity index (χ4v) is 0.957. The van der Waals surface area contributed by atoms with E-state index in [1.165, 1.54) is 12.2 Å². The van der Waals surface area contributed by atoms with Crippen molar-refractivity contribution in [1.82, 2.24) is 5.06 Å². The van der Waals surface area contributed by atoms with E-state index in [0.717, 1.165) is 0 Å². The highest BCUT2D eigenvalue weighted by Crippen LogP contribution is 2.23. The van der Waals surface area contributed by atoms with Crippen LogP contribution in [0, 0.1) is 5.41 Å². The molecule has 0 aromatic rings. The predicted molar refractivity (Wildman–Crippen MR) is 48.4 cm³/mol. The minimum absolute atomic E-state index is 0.0371. The Balaban J connectivity index is 4.33. The third kappa shape index (κ3) is 2.66. The number of amides is 1. The van der Waals surface area contributed by atoms with Crippen LogP contribution in [-0.4, -0.2) is 25.1 Å². The maximum Gasteiger partial charge on any atom is 0.251 e. The first-order valence-electron chi connectivity index (χ1n) is 3.89. The number of allylic oxidation sites excluding steroid dienone is 1. The summed E-state index contributed by atoms with van der Waals surface area (Å²) in [5, 5.41) is 1.24. The molecular weight excluding hydrogens is 154 g/mol. The van der Waals surface area contributed by atoms with Crippen molar-refractivity contribution < 1.29 is 9.63 Å². The van der Waals surface area contributed by atoms with Crippen LogP contribution in [0.4, 0.5) is 0 Å². The maximum atomic E-state index is 11.5. The molecular formula is C9H17NO2. The van der Waals surface area contributed by atoms with Crippen LogP contribution < -0.4 is 0 Å². The Morgan fingerprint density at radius 2 is 2.17 bits per heavy atom. The lowest BCUT2D eigenvalue weighted by Crippen LogP contribution is -2.37. The van der Waals surface area contributed by atoms with Crippen LogP contribution in [0.2, 0.25) is 0 Å². The van der Waals surface area contributed by atoms with Gasteiger partial charge in [-0.3, -0.25) is 9.63 Å². The van der Waals surface area contributed by atoms with Gasteiger partial charge in [0.15, 0.2) is 0 Å². The highest BCUT2D eigenvalue weighted by molar-refractivity contribution is 5.80. The molecule has 0 aliphatic rings. The Kier molecular flexibility index (Phi) is 3.96. The van der Waals surface area contributed by atoms with E-state index in [2.05, 4.69) is 6.58 Å². The van der Waals surface area contributed by atoms with Crippen molar-refractivity contribution in [2.75, 3.05) is 14.2 Å². The number of rotatable bonds is 4. The van der Waals surface area contributed by atoms with Gasteiger partial charge in [0.2, 0.25) is 0 Å². The van der Waals surface area contributed by atoms with E-state index in [1.54, 1.807) is 13.1 Å². The summed E-state index contributed by atoms with van der Waals surface area (Å²) in [6.07, 6.45) is 2.39. The van der Waals surface area contributed by atoms with Crippen molar-refractivity contribution >= 4 is 5.91 Å². The zero-order valence-electron chi connectivity index (χ0n) is 8.26. The Morgan fingerprint density at radius 1 is 1.67 bits per heavy atom. The number of hydroxylamine groups is 2. The summed E-state index contributed by atoms with van der Waals surface area (Å²) in [7, 11) is 3.08. The van der Waals surface area contributed by atoms with Gasteiger partial charge in [0.25, 0.3) is 5.91 Å². The van der Waals surface area contributed by atoms with E-state index in [-0.39, 0.29) is 5.91 Å². The molecule has 0 aliphatic heterocycles. The minimum Gasteiger partial charge on any atom is -0.275 e. The molecule has 0 heterocycles. The van der Waals surface area contributed by atoms with Gasteiger partial charge in [0.05, 0.1) is 7.11 Å². The van der Waals surface area contributed by atoms with Crippen LogP contribution in [0.3, 0.4) is 0 Å². The van der Waals surface area contributed by atoms with Crippen molar-refractivity contribution in [3.05, 3.63) is 12.7 Å². The highest BCUT2D eigenvalue weighted by atomic mass is 16.7. The van der Waals surface area contributed by atoms with Crippen LogP contribution >= 0.6 is 0 Å². The molecule has 1 amide bonds. The maximum absolute atomic E-state index is 11.5. The minimum atomic E-state index is -0.424. The van der Waals surface area contributed by atoms with Gasteiger partial charge < -0.3 is 0 Å². The molecule has 3 heteroatoms. The first-order chi connectivity index (χ1) is 5.45. The second kappa shape index (κ2) is 4.26. The quantitative estimate of drug-likeness (QED) is 0.475. The van der Waals surface area contributed by atoms with Crippen LogP contribution in [0.15, 0.2) is 12.7 Å². The lowest BCUT2D eigenvalue weighted by molar-refractivity contribution is -0.178. The first kappa shape index (κ1) is 11.2. The summed E-state index contributed by atoms with van der Waals surface area (Å²) in [4.78, 5) is 16.3. The normalized spacial score (nSPS) is 11.0. The highest BCUT2D eigenvalue weighted by Gasteiger charge is 2.29. The third-order valence-electron chi connectivity index (χ3n) is 1.79. The number of nitrogens with zero attached hydrogens (tertiary/aromatic N) is 1. The number of hydrogen-bond acceptors (Lipinski definition) is 2. The molecule has 0 rings (SSSR count). The van der Waals surface area contributed by atoms with Crippen LogP contribution in [-0.2, 0) is 9.63 Å². The lowest BCUT2D eigenvalue weighted by atomic mass is 9.88. The smallest absolute Gasteiger partial charge is 0.251 e. The fraction of sp³-hybridized carbons (Fsp3) is 0.667. The average Bonchev–Trinajstić information content (AvgIpc) is 2.01. The average molecular weight is 171 g/mol. The van der Waals surface area contributed by atoms with Crippen molar-refractivity contribution in [2.45, 2.75) is 20.3 Å². The van der Waals surface area contributed by atoms with Crippen molar-refractivity contribution in [3.8, 4) is 0 Å². The standard InChI is InChI=1S/C9H17NO2/c1-6-7-9(2,3)8(11)10(4)12-5/h6H,1,7H2,2-5H3.